The molecule has 180 valence electrons. The number of benzene rings is 2. The molecule has 2 rings (SSSR count). The molecule has 0 unspecified atom stereocenters. The van der Waals surface area contributed by atoms with Crippen molar-refractivity contribution in [1.29, 1.82) is 0 Å². The molecule has 0 atom stereocenters. The third kappa shape index (κ3) is 4.88. The molecule has 0 heterocycles. The minimum atomic E-state index is -5.50. The van der Waals surface area contributed by atoms with E-state index in [-0.39, 0.29) is 9.79 Å². The summed E-state index contributed by atoms with van der Waals surface area (Å²) in [4.78, 5) is 0.318. The van der Waals surface area contributed by atoms with Crippen LogP contribution >= 0.6 is 0 Å². The lowest BCUT2D eigenvalue weighted by Crippen LogP contribution is -2.41. The topological polar surface area (TPSA) is 57.5 Å². The molecular formula is C28H44O3S. The maximum absolute atomic E-state index is 15.0. The van der Waals surface area contributed by atoms with Crippen molar-refractivity contribution in [3.05, 3.63) is 58.7 Å². The highest BCUT2D eigenvalue weighted by Crippen LogP contribution is 2.52. The molecule has 0 aliphatic heterocycles. The third-order valence-electron chi connectivity index (χ3n) is 6.00. The Morgan fingerprint density at radius 3 is 0.844 bits per heavy atom. The summed E-state index contributed by atoms with van der Waals surface area (Å²) < 4.78 is 39.4. The van der Waals surface area contributed by atoms with E-state index in [4.69, 9.17) is 0 Å². The first-order chi connectivity index (χ1) is 14.0. The van der Waals surface area contributed by atoms with E-state index in [1.165, 1.54) is 0 Å². The van der Waals surface area contributed by atoms with E-state index >= 15 is 0 Å². The van der Waals surface area contributed by atoms with Gasteiger partial charge in [-0.05, 0) is 43.9 Å². The molecule has 0 saturated carbocycles. The van der Waals surface area contributed by atoms with Crippen LogP contribution in [-0.4, -0.2) is 13.3 Å². The van der Waals surface area contributed by atoms with E-state index in [1.54, 1.807) is 0 Å². The molecule has 2 aromatic rings. The fourth-order valence-electron chi connectivity index (χ4n) is 4.33. The van der Waals surface area contributed by atoms with Gasteiger partial charge in [-0.15, -0.1) is 0 Å². The summed E-state index contributed by atoms with van der Waals surface area (Å²) in [5.41, 5.74) is 0.994. The number of hydrogen-bond acceptors (Lipinski definition) is 1. The number of rotatable bonds is 2. The van der Waals surface area contributed by atoms with Gasteiger partial charge in [-0.3, -0.25) is 0 Å². The summed E-state index contributed by atoms with van der Waals surface area (Å²) in [7, 11) is -5.50. The van der Waals surface area contributed by atoms with Crippen LogP contribution in [0.3, 0.4) is 0 Å². The van der Waals surface area contributed by atoms with Gasteiger partial charge in [0.2, 0.25) is 0 Å². The summed E-state index contributed by atoms with van der Waals surface area (Å²) in [6.07, 6.45) is 0. The van der Waals surface area contributed by atoms with Gasteiger partial charge in [0, 0.05) is 0 Å². The smallest absolute Gasteiger partial charge is 0.136 e. The largest absolute Gasteiger partial charge is 0.301 e. The third-order valence-corrected chi connectivity index (χ3v) is 8.35. The van der Waals surface area contributed by atoms with Gasteiger partial charge in [-0.2, -0.15) is 0 Å². The van der Waals surface area contributed by atoms with Crippen molar-refractivity contribution in [2.75, 3.05) is 0 Å². The molecule has 2 N–H and O–H groups in total. The lowest BCUT2D eigenvalue weighted by Gasteiger charge is -2.44. The predicted octanol–water partition coefficient (Wildman–Crippen LogP) is 8.06. The highest BCUT2D eigenvalue weighted by Gasteiger charge is 2.48. The van der Waals surface area contributed by atoms with Crippen LogP contribution in [0.15, 0.2) is 46.2 Å². The van der Waals surface area contributed by atoms with Crippen LogP contribution in [-0.2, 0) is 31.3 Å². The van der Waals surface area contributed by atoms with Gasteiger partial charge in [0.1, 0.15) is 9.63 Å². The predicted molar refractivity (Wildman–Crippen MR) is 138 cm³/mol. The first-order valence-corrected chi connectivity index (χ1v) is 13.3. The molecular weight excluding hydrogens is 416 g/mol. The van der Waals surface area contributed by atoms with Crippen molar-refractivity contribution < 1.29 is 13.3 Å². The van der Waals surface area contributed by atoms with Crippen molar-refractivity contribution in [3.63, 3.8) is 0 Å². The zero-order valence-electron chi connectivity index (χ0n) is 22.2. The van der Waals surface area contributed by atoms with Gasteiger partial charge in [-0.25, -0.2) is 4.21 Å². The molecule has 0 aliphatic carbocycles. The summed E-state index contributed by atoms with van der Waals surface area (Å²) in [6.45, 7) is 24.2. The average molecular weight is 461 g/mol. The molecule has 0 bridgehead atoms. The van der Waals surface area contributed by atoms with Crippen molar-refractivity contribution in [2.45, 2.75) is 115 Å². The van der Waals surface area contributed by atoms with Gasteiger partial charge in [0.15, 0.2) is 0 Å². The Morgan fingerprint density at radius 1 is 0.500 bits per heavy atom. The van der Waals surface area contributed by atoms with Gasteiger partial charge in [-0.1, -0.05) is 119 Å². The fourth-order valence-corrected chi connectivity index (χ4v) is 7.62. The monoisotopic (exact) mass is 460 g/mol. The van der Waals surface area contributed by atoms with E-state index in [0.717, 1.165) is 0 Å². The lowest BCUT2D eigenvalue weighted by molar-refractivity contribution is 0.372. The molecule has 0 amide bonds. The van der Waals surface area contributed by atoms with Crippen LogP contribution in [0.1, 0.15) is 105 Å². The van der Waals surface area contributed by atoms with Crippen LogP contribution in [0, 0.1) is 0 Å². The highest BCUT2D eigenvalue weighted by atomic mass is 32.3. The Hall–Kier alpha value is -1.49. The van der Waals surface area contributed by atoms with E-state index in [9.17, 15) is 13.3 Å². The first kappa shape index (κ1) is 26.8. The summed E-state index contributed by atoms with van der Waals surface area (Å²) >= 11 is 0. The Bertz CT molecular complexity index is 930. The molecule has 0 saturated heterocycles. The van der Waals surface area contributed by atoms with Crippen LogP contribution in [0.2, 0.25) is 0 Å². The second-order valence-electron chi connectivity index (χ2n) is 13.2. The Labute approximate surface area is 196 Å². The highest BCUT2D eigenvalue weighted by molar-refractivity contribution is 8.10. The van der Waals surface area contributed by atoms with Crippen molar-refractivity contribution >= 4 is 9.63 Å². The van der Waals surface area contributed by atoms with Crippen molar-refractivity contribution in [3.8, 4) is 0 Å². The van der Waals surface area contributed by atoms with E-state index < -0.39 is 31.3 Å². The maximum Gasteiger partial charge on any atom is 0.136 e. The van der Waals surface area contributed by atoms with Crippen molar-refractivity contribution in [2.24, 2.45) is 0 Å². The van der Waals surface area contributed by atoms with Gasteiger partial charge < -0.3 is 9.11 Å². The van der Waals surface area contributed by atoms with Crippen LogP contribution in [0.25, 0.3) is 0 Å². The molecule has 0 radical (unpaired) electrons. The zero-order chi connectivity index (χ0) is 25.2. The van der Waals surface area contributed by atoms with Crippen LogP contribution < -0.4 is 0 Å². The zero-order valence-corrected chi connectivity index (χ0v) is 23.0. The summed E-state index contributed by atoms with van der Waals surface area (Å²) in [5.74, 6) is 0. The first-order valence-electron chi connectivity index (χ1n) is 11.4. The standard InChI is InChI=1S/C28H44O3S/c1-25(2,3)19-15-13-16-20(26(4,5)6)23(19)32(29,30,31)24-21(27(7,8)9)17-14-18-22(24)28(10,11)12/h13-18H,1-12H3,(H2,29,30,31). The molecule has 4 heteroatoms. The molecule has 32 heavy (non-hydrogen) atoms. The average Bonchev–Trinajstić information content (AvgIpc) is 2.57. The normalized spacial score (nSPS) is 15.4. The maximum atomic E-state index is 15.0. The fraction of sp³-hybridized carbons (Fsp3) is 0.571. The second kappa shape index (κ2) is 7.51. The Kier molecular flexibility index (Phi) is 6.28. The molecule has 0 aromatic heterocycles. The number of hydrogen-bond donors (Lipinski definition) is 2. The minimum Gasteiger partial charge on any atom is -0.301 e. The minimum absolute atomic E-state index is 0.159. The van der Waals surface area contributed by atoms with Gasteiger partial charge >= 0.3 is 0 Å². The van der Waals surface area contributed by atoms with E-state index in [2.05, 4.69) is 0 Å². The molecule has 0 spiro atoms. The quantitative estimate of drug-likeness (QED) is 0.476. The van der Waals surface area contributed by atoms with Crippen molar-refractivity contribution in [1.82, 2.24) is 0 Å². The Balaban J connectivity index is 3.27. The molecule has 0 fully saturated rings. The summed E-state index contributed by atoms with van der Waals surface area (Å²) in [6, 6.07) is 11.4. The van der Waals surface area contributed by atoms with Crippen LogP contribution in [0.4, 0.5) is 0 Å². The summed E-state index contributed by atoms with van der Waals surface area (Å²) in [5, 5.41) is 0. The molecule has 2 aromatic carbocycles. The Morgan fingerprint density at radius 2 is 0.688 bits per heavy atom. The molecule has 0 aliphatic rings. The van der Waals surface area contributed by atoms with E-state index in [0.29, 0.717) is 22.3 Å². The lowest BCUT2D eigenvalue weighted by atomic mass is 9.80. The van der Waals surface area contributed by atoms with Gasteiger partial charge in [0.25, 0.3) is 0 Å². The second-order valence-corrected chi connectivity index (χ2v) is 15.8. The molecule has 3 nitrogen and oxygen atoms in total. The van der Waals surface area contributed by atoms with E-state index in [1.807, 2.05) is 119 Å². The van der Waals surface area contributed by atoms with Gasteiger partial charge in [0.05, 0.1) is 9.79 Å². The SMILES string of the molecule is CC(C)(C)c1cccc(C(C)(C)C)c1S(=O)(O)(O)c1c(C(C)(C)C)cccc1C(C)(C)C. The van der Waals surface area contributed by atoms with Crippen LogP contribution in [0.5, 0.6) is 0 Å².